The minimum absolute atomic E-state index is 0.0907. The van der Waals surface area contributed by atoms with Crippen LogP contribution in [0.3, 0.4) is 0 Å². The first-order valence-corrected chi connectivity index (χ1v) is 4.53. The molecule has 1 aromatic heterocycles. The van der Waals surface area contributed by atoms with E-state index in [-0.39, 0.29) is 5.69 Å². The summed E-state index contributed by atoms with van der Waals surface area (Å²) in [6.45, 7) is 2.57. The molecule has 0 radical (unpaired) electrons. The number of nitrogens with zero attached hydrogens (tertiary/aromatic N) is 1. The van der Waals surface area contributed by atoms with E-state index in [4.69, 9.17) is 4.74 Å². The van der Waals surface area contributed by atoms with Crippen molar-refractivity contribution in [3.63, 3.8) is 0 Å². The van der Waals surface area contributed by atoms with Gasteiger partial charge in [0.25, 0.3) is 0 Å². The van der Waals surface area contributed by atoms with E-state index in [1.165, 1.54) is 0 Å². The minimum atomic E-state index is -0.0907. The highest BCUT2D eigenvalue weighted by Gasteiger charge is 2.09. The van der Waals surface area contributed by atoms with Crippen LogP contribution in [0.2, 0.25) is 0 Å². The highest BCUT2D eigenvalue weighted by molar-refractivity contribution is 5.81. The van der Waals surface area contributed by atoms with Crippen LogP contribution in [-0.4, -0.2) is 16.7 Å². The Bertz CT molecular complexity index is 510. The molecule has 0 atom stereocenters. The van der Waals surface area contributed by atoms with Crippen molar-refractivity contribution in [1.82, 2.24) is 9.55 Å². The van der Waals surface area contributed by atoms with Crippen molar-refractivity contribution in [3.8, 4) is 5.75 Å². The zero-order valence-electron chi connectivity index (χ0n) is 8.20. The second-order valence-electron chi connectivity index (χ2n) is 3.03. The third-order valence-corrected chi connectivity index (χ3v) is 2.29. The molecule has 0 unspecified atom stereocenters. The number of fused-ring (bicyclic) bond motifs is 1. The Kier molecular flexibility index (Phi) is 2.04. The van der Waals surface area contributed by atoms with Gasteiger partial charge in [0, 0.05) is 6.54 Å². The first kappa shape index (κ1) is 8.87. The number of aromatic amines is 1. The van der Waals surface area contributed by atoms with Crippen LogP contribution in [0.5, 0.6) is 5.75 Å². The van der Waals surface area contributed by atoms with Gasteiger partial charge in [-0.1, -0.05) is 6.07 Å². The molecule has 1 aromatic carbocycles. The molecule has 0 saturated carbocycles. The van der Waals surface area contributed by atoms with Gasteiger partial charge in [-0.05, 0) is 19.1 Å². The zero-order valence-corrected chi connectivity index (χ0v) is 8.20. The number of hydrogen-bond donors (Lipinski definition) is 1. The van der Waals surface area contributed by atoms with Crippen LogP contribution in [0.15, 0.2) is 23.0 Å². The average molecular weight is 192 g/mol. The number of para-hydroxylation sites is 1. The smallest absolute Gasteiger partial charge is 0.326 e. The molecular formula is C10H12N2O2. The predicted octanol–water partition coefficient (Wildman–Crippen LogP) is 1.36. The summed E-state index contributed by atoms with van der Waals surface area (Å²) < 4.78 is 6.86. The van der Waals surface area contributed by atoms with Crippen LogP contribution in [0.1, 0.15) is 6.92 Å². The zero-order chi connectivity index (χ0) is 10.1. The molecule has 2 rings (SSSR count). The summed E-state index contributed by atoms with van der Waals surface area (Å²) in [7, 11) is 1.60. The molecule has 1 heterocycles. The van der Waals surface area contributed by atoms with Gasteiger partial charge in [0.1, 0.15) is 11.3 Å². The molecule has 0 fully saturated rings. The van der Waals surface area contributed by atoms with Gasteiger partial charge in [0.15, 0.2) is 0 Å². The summed E-state index contributed by atoms with van der Waals surface area (Å²) in [5.74, 6) is 0.725. The van der Waals surface area contributed by atoms with Gasteiger partial charge in [-0.2, -0.15) is 0 Å². The van der Waals surface area contributed by atoms with Gasteiger partial charge in [-0.3, -0.25) is 4.57 Å². The van der Waals surface area contributed by atoms with Crippen LogP contribution in [-0.2, 0) is 6.54 Å². The molecule has 1 N–H and O–H groups in total. The summed E-state index contributed by atoms with van der Waals surface area (Å²) in [6, 6.07) is 5.57. The summed E-state index contributed by atoms with van der Waals surface area (Å²) in [5.41, 5.74) is 1.56. The number of methoxy groups -OCH3 is 1. The van der Waals surface area contributed by atoms with Crippen molar-refractivity contribution in [2.24, 2.45) is 0 Å². The number of H-pyrrole nitrogens is 1. The molecule has 0 amide bonds. The van der Waals surface area contributed by atoms with E-state index in [0.29, 0.717) is 6.54 Å². The van der Waals surface area contributed by atoms with Crippen LogP contribution < -0.4 is 10.4 Å². The maximum atomic E-state index is 11.5. The number of hydrogen-bond acceptors (Lipinski definition) is 2. The van der Waals surface area contributed by atoms with Crippen LogP contribution >= 0.6 is 0 Å². The number of nitrogens with one attached hydrogen (secondary N) is 1. The van der Waals surface area contributed by atoms with Crippen molar-refractivity contribution in [1.29, 1.82) is 0 Å². The van der Waals surface area contributed by atoms with E-state index in [1.54, 1.807) is 11.7 Å². The highest BCUT2D eigenvalue weighted by Crippen LogP contribution is 2.22. The Morgan fingerprint density at radius 2 is 2.29 bits per heavy atom. The Balaban J connectivity index is 2.89. The maximum absolute atomic E-state index is 11.5. The lowest BCUT2D eigenvalue weighted by molar-refractivity contribution is 0.417. The van der Waals surface area contributed by atoms with Crippen molar-refractivity contribution >= 4 is 11.0 Å². The first-order chi connectivity index (χ1) is 6.77. The first-order valence-electron chi connectivity index (χ1n) is 4.53. The lowest BCUT2D eigenvalue weighted by Gasteiger charge is -2.03. The largest absolute Gasteiger partial charge is 0.494 e. The summed E-state index contributed by atoms with van der Waals surface area (Å²) in [5, 5.41) is 0. The van der Waals surface area contributed by atoms with Gasteiger partial charge in [0.2, 0.25) is 0 Å². The maximum Gasteiger partial charge on any atom is 0.326 e. The summed E-state index contributed by atoms with van der Waals surface area (Å²) >= 11 is 0. The molecule has 14 heavy (non-hydrogen) atoms. The lowest BCUT2D eigenvalue weighted by atomic mass is 10.3. The van der Waals surface area contributed by atoms with Gasteiger partial charge >= 0.3 is 5.69 Å². The molecule has 2 aromatic rings. The van der Waals surface area contributed by atoms with Crippen LogP contribution in [0.4, 0.5) is 0 Å². The summed E-state index contributed by atoms with van der Waals surface area (Å²) in [4.78, 5) is 14.3. The fraction of sp³-hybridized carbons (Fsp3) is 0.300. The van der Waals surface area contributed by atoms with E-state index in [9.17, 15) is 4.79 Å². The molecule has 0 aliphatic heterocycles. The normalized spacial score (nSPS) is 10.7. The highest BCUT2D eigenvalue weighted by atomic mass is 16.5. The quantitative estimate of drug-likeness (QED) is 0.780. The number of aryl methyl sites for hydroxylation is 1. The molecule has 4 heteroatoms. The second kappa shape index (κ2) is 3.21. The average Bonchev–Trinajstić information content (AvgIpc) is 2.52. The van der Waals surface area contributed by atoms with E-state index >= 15 is 0 Å². The molecule has 0 saturated heterocycles. The lowest BCUT2D eigenvalue weighted by Crippen LogP contribution is -2.15. The molecule has 4 nitrogen and oxygen atoms in total. The molecule has 0 aliphatic carbocycles. The number of ether oxygens (including phenoxy) is 1. The fourth-order valence-electron chi connectivity index (χ4n) is 1.65. The SMILES string of the molecule is CCn1c(=O)[nH]c2cccc(OC)c21. The van der Waals surface area contributed by atoms with E-state index in [0.717, 1.165) is 16.8 Å². The van der Waals surface area contributed by atoms with Crippen LogP contribution in [0.25, 0.3) is 11.0 Å². The molecular weight excluding hydrogens is 180 g/mol. The monoisotopic (exact) mass is 192 g/mol. The van der Waals surface area contributed by atoms with Crippen molar-refractivity contribution in [2.45, 2.75) is 13.5 Å². The molecule has 74 valence electrons. The Morgan fingerprint density at radius 3 is 2.93 bits per heavy atom. The van der Waals surface area contributed by atoms with Gasteiger partial charge in [-0.25, -0.2) is 4.79 Å². The molecule has 0 aliphatic rings. The van der Waals surface area contributed by atoms with E-state index in [1.807, 2.05) is 25.1 Å². The van der Waals surface area contributed by atoms with Gasteiger partial charge in [0.05, 0.1) is 12.6 Å². The number of rotatable bonds is 2. The number of benzene rings is 1. The predicted molar refractivity (Wildman–Crippen MR) is 54.8 cm³/mol. The topological polar surface area (TPSA) is 47.0 Å². The molecule has 0 spiro atoms. The second-order valence-corrected chi connectivity index (χ2v) is 3.03. The Morgan fingerprint density at radius 1 is 1.50 bits per heavy atom. The summed E-state index contributed by atoms with van der Waals surface area (Å²) in [6.07, 6.45) is 0. The third kappa shape index (κ3) is 1.11. The fourth-order valence-corrected chi connectivity index (χ4v) is 1.65. The van der Waals surface area contributed by atoms with Crippen molar-refractivity contribution in [3.05, 3.63) is 28.7 Å². The number of imidazole rings is 1. The van der Waals surface area contributed by atoms with Crippen LogP contribution in [0, 0.1) is 0 Å². The van der Waals surface area contributed by atoms with Gasteiger partial charge in [-0.15, -0.1) is 0 Å². The van der Waals surface area contributed by atoms with E-state index < -0.39 is 0 Å². The molecule has 0 bridgehead atoms. The van der Waals surface area contributed by atoms with Crippen molar-refractivity contribution < 1.29 is 4.74 Å². The Hall–Kier alpha value is -1.71. The van der Waals surface area contributed by atoms with E-state index in [2.05, 4.69) is 4.98 Å². The Labute approximate surface area is 81.1 Å². The third-order valence-electron chi connectivity index (χ3n) is 2.29. The standard InChI is InChI=1S/C10H12N2O2/c1-3-12-9-7(11-10(12)13)5-4-6-8(9)14-2/h4-6H,3H2,1-2H3,(H,11,13). The number of aromatic nitrogens is 2. The van der Waals surface area contributed by atoms with Gasteiger partial charge < -0.3 is 9.72 Å². The minimum Gasteiger partial charge on any atom is -0.494 e. The van der Waals surface area contributed by atoms with Crippen molar-refractivity contribution in [2.75, 3.05) is 7.11 Å².